The molecule has 0 radical (unpaired) electrons. The number of nitrogen functional groups attached to an aromatic ring is 1. The summed E-state index contributed by atoms with van der Waals surface area (Å²) in [4.78, 5) is 42.3. The van der Waals surface area contributed by atoms with E-state index in [0.717, 1.165) is 10.2 Å². The summed E-state index contributed by atoms with van der Waals surface area (Å²) in [5.41, 5.74) is 5.97. The van der Waals surface area contributed by atoms with E-state index >= 15 is 0 Å². The second-order valence-corrected chi connectivity index (χ2v) is 10.6. The first-order valence-corrected chi connectivity index (χ1v) is 13.0. The highest BCUT2D eigenvalue weighted by Gasteiger charge is 2.49. The number of carbonyl (C=O) groups excluding carboxylic acids is 3. The average molecular weight is 551 g/mol. The fourth-order valence-electron chi connectivity index (χ4n) is 4.75. The molecule has 0 bridgehead atoms. The lowest BCUT2D eigenvalue weighted by Gasteiger charge is -2.45. The number of nitrogens with one attached hydrogen (secondary N) is 2. The molecule has 4 rings (SSSR count). The first kappa shape index (κ1) is 28.7. The number of β-lactam (4-membered cyclic amide) rings is 1. The number of anilines is 1. The van der Waals surface area contributed by atoms with E-state index in [9.17, 15) is 24.8 Å². The second-order valence-electron chi connectivity index (χ2n) is 10.6. The highest BCUT2D eigenvalue weighted by Crippen LogP contribution is 2.42. The molecule has 2 aromatic rings. The Balaban J connectivity index is 1.68. The topological polar surface area (TPSA) is 191 Å². The van der Waals surface area contributed by atoms with Crippen LogP contribution in [0.3, 0.4) is 0 Å². The number of hydrogen-bond acceptors (Lipinski definition) is 9. The molecule has 0 spiro atoms. The van der Waals surface area contributed by atoms with Crippen LogP contribution in [0.1, 0.15) is 54.0 Å². The van der Waals surface area contributed by atoms with Crippen molar-refractivity contribution in [1.82, 2.24) is 19.6 Å². The molecule has 40 heavy (non-hydrogen) atoms. The van der Waals surface area contributed by atoms with Gasteiger partial charge >= 0.3 is 0 Å². The maximum absolute atomic E-state index is 13.5. The van der Waals surface area contributed by atoms with Crippen LogP contribution in [-0.2, 0) is 20.9 Å². The average Bonchev–Trinajstić information content (AvgIpc) is 3.32. The molecule has 2 aliphatic rings. The third-order valence-corrected chi connectivity index (χ3v) is 7.35. The maximum atomic E-state index is 13.5. The van der Waals surface area contributed by atoms with Gasteiger partial charge in [0.1, 0.15) is 29.7 Å². The number of carbonyl (C=O) groups is 3. The van der Waals surface area contributed by atoms with Crippen molar-refractivity contribution in [3.8, 4) is 6.07 Å². The molecule has 1 aromatic carbocycles. The maximum Gasteiger partial charge on any atom is 0.256 e. The monoisotopic (exact) mass is 550 g/mol. The van der Waals surface area contributed by atoms with Crippen molar-refractivity contribution >= 4 is 29.4 Å². The van der Waals surface area contributed by atoms with E-state index in [1.165, 1.54) is 4.90 Å². The smallest absolute Gasteiger partial charge is 0.256 e. The van der Waals surface area contributed by atoms with Gasteiger partial charge in [-0.3, -0.25) is 19.8 Å². The zero-order chi connectivity index (χ0) is 29.2. The minimum atomic E-state index is -1.21. The highest BCUT2D eigenvalue weighted by molar-refractivity contribution is 5.95. The lowest BCUT2D eigenvalue weighted by atomic mass is 9.85. The molecule has 13 heteroatoms. The number of benzene rings is 1. The first-order chi connectivity index (χ1) is 19.0. The van der Waals surface area contributed by atoms with Crippen LogP contribution in [0.2, 0.25) is 0 Å². The largest absolute Gasteiger partial charge is 0.395 e. The van der Waals surface area contributed by atoms with Crippen LogP contribution in [0.15, 0.2) is 24.3 Å². The Morgan fingerprint density at radius 3 is 2.50 bits per heavy atom. The molecule has 2 atom stereocenters. The molecule has 2 amide bonds. The zero-order valence-electron chi connectivity index (χ0n) is 22.8. The zero-order valence-corrected chi connectivity index (χ0v) is 22.8. The van der Waals surface area contributed by atoms with Crippen molar-refractivity contribution < 1.29 is 24.2 Å². The Morgan fingerprint density at radius 1 is 1.27 bits per heavy atom. The van der Waals surface area contributed by atoms with Gasteiger partial charge in [0.15, 0.2) is 5.82 Å². The Kier molecular flexibility index (Phi) is 8.22. The van der Waals surface area contributed by atoms with Crippen LogP contribution in [-0.4, -0.2) is 87.7 Å². The molecule has 0 aliphatic carbocycles. The fraction of sp³-hybridized carbons (Fsp3) is 0.481. The van der Waals surface area contributed by atoms with Crippen LogP contribution in [0.25, 0.3) is 0 Å². The van der Waals surface area contributed by atoms with E-state index in [4.69, 9.17) is 15.9 Å². The number of ether oxygens (including phenoxy) is 1. The van der Waals surface area contributed by atoms with E-state index < -0.39 is 29.9 Å². The van der Waals surface area contributed by atoms with Gasteiger partial charge in [-0.2, -0.15) is 15.0 Å². The van der Waals surface area contributed by atoms with Crippen molar-refractivity contribution in [2.75, 3.05) is 44.8 Å². The lowest BCUT2D eigenvalue weighted by Crippen LogP contribution is -2.58. The van der Waals surface area contributed by atoms with Gasteiger partial charge < -0.3 is 30.7 Å². The predicted molar refractivity (Wildman–Crippen MR) is 144 cm³/mol. The Hall–Kier alpha value is -4.28. The molecular formula is C27H34N8O5. The summed E-state index contributed by atoms with van der Waals surface area (Å²) in [6.45, 7) is 6.15. The summed E-state index contributed by atoms with van der Waals surface area (Å²) >= 11 is 0. The van der Waals surface area contributed by atoms with Gasteiger partial charge in [0.2, 0.25) is 11.8 Å². The minimum Gasteiger partial charge on any atom is -0.395 e. The number of morpholine rings is 1. The molecule has 212 valence electrons. The number of nitrogens with zero attached hydrogens (tertiary/aromatic N) is 5. The van der Waals surface area contributed by atoms with Crippen LogP contribution in [0.5, 0.6) is 0 Å². The Morgan fingerprint density at radius 2 is 1.93 bits per heavy atom. The van der Waals surface area contributed by atoms with Gasteiger partial charge in [0, 0.05) is 25.2 Å². The quantitative estimate of drug-likeness (QED) is 0.198. The number of amides is 2. The van der Waals surface area contributed by atoms with Gasteiger partial charge in [0.05, 0.1) is 37.2 Å². The third-order valence-electron chi connectivity index (χ3n) is 7.35. The molecule has 2 fully saturated rings. The third kappa shape index (κ3) is 5.41. The van der Waals surface area contributed by atoms with Crippen LogP contribution in [0, 0.1) is 28.1 Å². The minimum absolute atomic E-state index is 0.0633. The first-order valence-electron chi connectivity index (χ1n) is 13.0. The molecule has 13 nitrogen and oxygen atoms in total. The summed E-state index contributed by atoms with van der Waals surface area (Å²) < 4.78 is 6.38. The normalized spacial score (nSPS) is 19.1. The number of nitrogens with two attached hydrogens (primary N) is 1. The number of hydrogen-bond donors (Lipinski definition) is 4. The molecule has 0 saturated carbocycles. The summed E-state index contributed by atoms with van der Waals surface area (Å²) in [7, 11) is 0. The molecule has 3 heterocycles. The predicted octanol–water partition coefficient (Wildman–Crippen LogP) is 0.688. The van der Waals surface area contributed by atoms with E-state index in [0.29, 0.717) is 31.9 Å². The number of amidine groups is 1. The van der Waals surface area contributed by atoms with Gasteiger partial charge in [0.25, 0.3) is 5.91 Å². The standard InChI is InChI=1S/C27H34N8O5/c1-16-22(34(25(16)38)14-20(37)33-8-10-40-11-9-33)21-19(12-28)24(35(32-21)26(39)27(2,3)15-36)31-13-17-4-6-18(7-5-17)23(29)30/h4-7,16,22,31,36H,8-11,13-15H2,1-3H3,(H3,29,30). The van der Waals surface area contributed by atoms with E-state index in [2.05, 4.69) is 16.5 Å². The summed E-state index contributed by atoms with van der Waals surface area (Å²) in [6.07, 6.45) is 0. The van der Waals surface area contributed by atoms with Gasteiger partial charge in [-0.25, -0.2) is 0 Å². The van der Waals surface area contributed by atoms with Crippen molar-refractivity contribution in [2.45, 2.75) is 33.4 Å². The van der Waals surface area contributed by atoms with Crippen LogP contribution >= 0.6 is 0 Å². The van der Waals surface area contributed by atoms with E-state index in [1.54, 1.807) is 49.9 Å². The van der Waals surface area contributed by atoms with Crippen LogP contribution < -0.4 is 11.1 Å². The van der Waals surface area contributed by atoms with Crippen molar-refractivity contribution in [2.24, 2.45) is 17.1 Å². The molecule has 2 unspecified atom stereocenters. The Labute approximate surface area is 232 Å². The van der Waals surface area contributed by atoms with Gasteiger partial charge in [-0.15, -0.1) is 0 Å². The molecule has 1 aromatic heterocycles. The van der Waals surface area contributed by atoms with Crippen molar-refractivity contribution in [1.29, 1.82) is 10.7 Å². The Bertz CT molecular complexity index is 1350. The number of nitriles is 1. The lowest BCUT2D eigenvalue weighted by molar-refractivity contribution is -0.161. The number of aliphatic hydroxyl groups excluding tert-OH is 1. The second kappa shape index (κ2) is 11.4. The van der Waals surface area contributed by atoms with Gasteiger partial charge in [-0.1, -0.05) is 31.2 Å². The van der Waals surface area contributed by atoms with Gasteiger partial charge in [-0.05, 0) is 19.4 Å². The van der Waals surface area contributed by atoms with E-state index in [-0.39, 0.29) is 47.8 Å². The molecule has 2 saturated heterocycles. The molecule has 5 N–H and O–H groups in total. The number of aromatic nitrogens is 2. The number of rotatable bonds is 9. The molecule has 2 aliphatic heterocycles. The fourth-order valence-corrected chi connectivity index (χ4v) is 4.75. The van der Waals surface area contributed by atoms with Crippen molar-refractivity contribution in [3.63, 3.8) is 0 Å². The number of aliphatic hydroxyl groups is 1. The van der Waals surface area contributed by atoms with Crippen LogP contribution in [0.4, 0.5) is 5.82 Å². The molecular weight excluding hydrogens is 516 g/mol. The summed E-state index contributed by atoms with van der Waals surface area (Å²) in [5, 5.41) is 35.3. The van der Waals surface area contributed by atoms with Crippen molar-refractivity contribution in [3.05, 3.63) is 46.6 Å². The summed E-state index contributed by atoms with van der Waals surface area (Å²) in [6, 6.07) is 8.37. The highest BCUT2D eigenvalue weighted by atomic mass is 16.5. The van der Waals surface area contributed by atoms with E-state index in [1.807, 2.05) is 0 Å². The number of likely N-dealkylation sites (tertiary alicyclic amines) is 1. The SMILES string of the molecule is CC1C(=O)N(CC(=O)N2CCOCC2)C1c1nn(C(=O)C(C)(C)CO)c(NCc2ccc(C(=N)N)cc2)c1C#N. The summed E-state index contributed by atoms with van der Waals surface area (Å²) in [5.74, 6) is -1.50.